The van der Waals surface area contributed by atoms with Crippen molar-refractivity contribution in [3.8, 4) is 11.8 Å². The number of oxazole rings is 1. The Bertz CT molecular complexity index is 713. The van der Waals surface area contributed by atoms with E-state index in [1.54, 1.807) is 6.92 Å². The SMILES string of the molecule is Cc1coc(NC(=O)c2ccc(C#CCCO)cc2F)n1. The van der Waals surface area contributed by atoms with Gasteiger partial charge in [-0.1, -0.05) is 11.8 Å². The van der Waals surface area contributed by atoms with Crippen molar-refractivity contribution in [2.75, 3.05) is 11.9 Å². The van der Waals surface area contributed by atoms with Crippen molar-refractivity contribution in [2.24, 2.45) is 0 Å². The molecule has 0 fully saturated rings. The minimum Gasteiger partial charge on any atom is -0.432 e. The zero-order valence-electron chi connectivity index (χ0n) is 11.3. The summed E-state index contributed by atoms with van der Waals surface area (Å²) in [6.45, 7) is 1.66. The fourth-order valence-corrected chi connectivity index (χ4v) is 1.57. The number of nitrogens with zero attached hydrogens (tertiary/aromatic N) is 1. The molecule has 0 aliphatic rings. The molecule has 2 rings (SSSR count). The summed E-state index contributed by atoms with van der Waals surface area (Å²) in [4.78, 5) is 15.8. The van der Waals surface area contributed by atoms with Crippen LogP contribution in [-0.2, 0) is 0 Å². The number of hydrogen-bond acceptors (Lipinski definition) is 4. The number of carbonyl (C=O) groups excluding carboxylic acids is 1. The summed E-state index contributed by atoms with van der Waals surface area (Å²) < 4.78 is 18.9. The number of nitrogens with one attached hydrogen (secondary N) is 1. The third kappa shape index (κ3) is 3.91. The van der Waals surface area contributed by atoms with Crippen LogP contribution in [0.15, 0.2) is 28.9 Å². The predicted molar refractivity (Wildman–Crippen MR) is 74.2 cm³/mol. The fourth-order valence-electron chi connectivity index (χ4n) is 1.57. The molecule has 0 saturated heterocycles. The third-order valence-corrected chi connectivity index (χ3v) is 2.52. The van der Waals surface area contributed by atoms with E-state index in [9.17, 15) is 9.18 Å². The van der Waals surface area contributed by atoms with Crippen LogP contribution in [0.3, 0.4) is 0 Å². The number of aliphatic hydroxyl groups is 1. The molecular weight excluding hydrogens is 275 g/mol. The first kappa shape index (κ1) is 14.8. The van der Waals surface area contributed by atoms with Crippen LogP contribution in [0.2, 0.25) is 0 Å². The van der Waals surface area contributed by atoms with Crippen LogP contribution < -0.4 is 5.32 Å². The molecule has 108 valence electrons. The van der Waals surface area contributed by atoms with E-state index in [1.165, 1.54) is 24.5 Å². The lowest BCUT2D eigenvalue weighted by Gasteiger charge is -2.03. The van der Waals surface area contributed by atoms with Crippen molar-refractivity contribution in [1.29, 1.82) is 0 Å². The summed E-state index contributed by atoms with van der Waals surface area (Å²) in [5, 5.41) is 11.0. The summed E-state index contributed by atoms with van der Waals surface area (Å²) in [7, 11) is 0. The summed E-state index contributed by atoms with van der Waals surface area (Å²) in [6.07, 6.45) is 1.69. The Labute approximate surface area is 120 Å². The number of hydrogen-bond donors (Lipinski definition) is 2. The van der Waals surface area contributed by atoms with Gasteiger partial charge in [0.15, 0.2) is 0 Å². The number of carbonyl (C=O) groups is 1. The minimum absolute atomic E-state index is 0.0173. The average molecular weight is 288 g/mol. The maximum atomic E-state index is 13.9. The number of amides is 1. The van der Waals surface area contributed by atoms with Gasteiger partial charge in [-0.2, -0.15) is 4.98 Å². The van der Waals surface area contributed by atoms with E-state index < -0.39 is 11.7 Å². The van der Waals surface area contributed by atoms with Gasteiger partial charge >= 0.3 is 6.01 Å². The molecule has 0 saturated carbocycles. The highest BCUT2D eigenvalue weighted by Crippen LogP contribution is 2.13. The molecular formula is C15H13FN2O3. The normalized spacial score (nSPS) is 9.86. The molecule has 0 atom stereocenters. The van der Waals surface area contributed by atoms with E-state index >= 15 is 0 Å². The van der Waals surface area contributed by atoms with Crippen molar-refractivity contribution in [3.05, 3.63) is 47.1 Å². The average Bonchev–Trinajstić information content (AvgIpc) is 2.84. The topological polar surface area (TPSA) is 75.4 Å². The Morgan fingerprint density at radius 3 is 2.95 bits per heavy atom. The number of halogens is 1. The van der Waals surface area contributed by atoms with Crippen LogP contribution >= 0.6 is 0 Å². The van der Waals surface area contributed by atoms with Gasteiger partial charge in [0, 0.05) is 12.0 Å². The highest BCUT2D eigenvalue weighted by Gasteiger charge is 2.14. The summed E-state index contributed by atoms with van der Waals surface area (Å²) in [5.74, 6) is 4.03. The standard InChI is InChI=1S/C15H13FN2O3/c1-10-9-21-15(17-10)18-14(20)12-6-5-11(8-13(12)16)4-2-3-7-19/h5-6,8-9,19H,3,7H2,1H3,(H,17,18,20). The maximum absolute atomic E-state index is 13.9. The molecule has 21 heavy (non-hydrogen) atoms. The molecule has 0 spiro atoms. The highest BCUT2D eigenvalue weighted by molar-refractivity contribution is 6.03. The second-order valence-corrected chi connectivity index (χ2v) is 4.22. The fraction of sp³-hybridized carbons (Fsp3) is 0.200. The molecule has 0 aliphatic carbocycles. The zero-order valence-corrected chi connectivity index (χ0v) is 11.3. The Balaban J connectivity index is 2.13. The molecule has 2 aromatic rings. The number of benzene rings is 1. The minimum atomic E-state index is -0.688. The molecule has 1 amide bonds. The number of aliphatic hydroxyl groups excluding tert-OH is 1. The van der Waals surface area contributed by atoms with Crippen LogP contribution in [-0.4, -0.2) is 22.6 Å². The van der Waals surface area contributed by atoms with Crippen LogP contribution in [0, 0.1) is 24.6 Å². The summed E-state index contributed by atoms with van der Waals surface area (Å²) >= 11 is 0. The Morgan fingerprint density at radius 2 is 2.33 bits per heavy atom. The lowest BCUT2D eigenvalue weighted by Crippen LogP contribution is -2.14. The summed E-state index contributed by atoms with van der Waals surface area (Å²) in [6, 6.07) is 4.05. The van der Waals surface area contributed by atoms with Crippen LogP contribution in [0.1, 0.15) is 28.0 Å². The second-order valence-electron chi connectivity index (χ2n) is 4.22. The van der Waals surface area contributed by atoms with Crippen LogP contribution in [0.5, 0.6) is 0 Å². The zero-order chi connectivity index (χ0) is 15.2. The molecule has 6 heteroatoms. The molecule has 1 heterocycles. The summed E-state index contributed by atoms with van der Waals surface area (Å²) in [5.41, 5.74) is 0.920. The molecule has 0 unspecified atom stereocenters. The van der Waals surface area contributed by atoms with Gasteiger partial charge in [0.1, 0.15) is 12.1 Å². The monoisotopic (exact) mass is 288 g/mol. The lowest BCUT2D eigenvalue weighted by atomic mass is 10.1. The first-order valence-corrected chi connectivity index (χ1v) is 6.23. The van der Waals surface area contributed by atoms with Gasteiger partial charge in [-0.15, -0.1) is 0 Å². The Morgan fingerprint density at radius 1 is 1.52 bits per heavy atom. The van der Waals surface area contributed by atoms with Crippen molar-refractivity contribution < 1.29 is 18.7 Å². The number of anilines is 1. The molecule has 0 radical (unpaired) electrons. The Hall–Kier alpha value is -2.65. The van der Waals surface area contributed by atoms with Crippen molar-refractivity contribution in [2.45, 2.75) is 13.3 Å². The van der Waals surface area contributed by atoms with Gasteiger partial charge in [-0.3, -0.25) is 10.1 Å². The van der Waals surface area contributed by atoms with E-state index in [2.05, 4.69) is 22.1 Å². The largest absolute Gasteiger partial charge is 0.432 e. The highest BCUT2D eigenvalue weighted by atomic mass is 19.1. The second kappa shape index (κ2) is 6.68. The predicted octanol–water partition coefficient (Wildman–Crippen LogP) is 2.11. The van der Waals surface area contributed by atoms with E-state index in [0.29, 0.717) is 17.7 Å². The van der Waals surface area contributed by atoms with E-state index in [4.69, 9.17) is 9.52 Å². The van der Waals surface area contributed by atoms with Gasteiger partial charge in [0.05, 0.1) is 17.9 Å². The molecule has 5 nitrogen and oxygen atoms in total. The first-order chi connectivity index (χ1) is 10.1. The first-order valence-electron chi connectivity index (χ1n) is 6.23. The molecule has 1 aromatic carbocycles. The third-order valence-electron chi connectivity index (χ3n) is 2.52. The quantitative estimate of drug-likeness (QED) is 0.848. The number of aryl methyl sites for hydroxylation is 1. The molecule has 0 bridgehead atoms. The van der Waals surface area contributed by atoms with Gasteiger partial charge in [0.2, 0.25) is 0 Å². The van der Waals surface area contributed by atoms with Gasteiger partial charge in [-0.05, 0) is 25.1 Å². The van der Waals surface area contributed by atoms with Crippen LogP contribution in [0.25, 0.3) is 0 Å². The van der Waals surface area contributed by atoms with E-state index in [1.807, 2.05) is 0 Å². The van der Waals surface area contributed by atoms with Crippen LogP contribution in [0.4, 0.5) is 10.4 Å². The van der Waals surface area contributed by atoms with Gasteiger partial charge in [0.25, 0.3) is 5.91 Å². The van der Waals surface area contributed by atoms with Crippen molar-refractivity contribution in [1.82, 2.24) is 4.98 Å². The maximum Gasteiger partial charge on any atom is 0.301 e. The number of aromatic nitrogens is 1. The molecule has 1 aromatic heterocycles. The molecule has 2 N–H and O–H groups in total. The van der Waals surface area contributed by atoms with Crippen molar-refractivity contribution >= 4 is 11.9 Å². The molecule has 0 aliphatic heterocycles. The number of rotatable bonds is 3. The Kier molecular flexibility index (Phi) is 4.69. The lowest BCUT2D eigenvalue weighted by molar-refractivity contribution is 0.102. The van der Waals surface area contributed by atoms with E-state index in [0.717, 1.165) is 0 Å². The smallest absolute Gasteiger partial charge is 0.301 e. The van der Waals surface area contributed by atoms with Gasteiger partial charge < -0.3 is 9.52 Å². The van der Waals surface area contributed by atoms with E-state index in [-0.39, 0.29) is 18.2 Å². The van der Waals surface area contributed by atoms with Gasteiger partial charge in [-0.25, -0.2) is 4.39 Å². The van der Waals surface area contributed by atoms with Crippen molar-refractivity contribution in [3.63, 3.8) is 0 Å².